The maximum absolute atomic E-state index is 12.3. The number of aromatic nitrogens is 2. The number of phenols is 1. The van der Waals surface area contributed by atoms with E-state index in [1.165, 1.54) is 31.4 Å². The van der Waals surface area contributed by atoms with Crippen LogP contribution in [0.25, 0.3) is 22.1 Å². The van der Waals surface area contributed by atoms with E-state index in [1.54, 1.807) is 12.1 Å². The standard InChI is InChI=1S/C13H10N2O4.2H2O.Sr/c1-19-11-7-3-5-9-13(11)15(18)8-4-2-6-10(16)12(8)14(9)17;;;/h2-7,16H,1H3;2*1H2;/q;;;+2. The van der Waals surface area contributed by atoms with Crippen molar-refractivity contribution in [1.82, 2.24) is 0 Å². The fourth-order valence-electron chi connectivity index (χ4n) is 2.18. The summed E-state index contributed by atoms with van der Waals surface area (Å²) in [6.07, 6.45) is 0. The molecular weight excluding hydrogens is 368 g/mol. The first-order chi connectivity index (χ1) is 9.15. The minimum atomic E-state index is -0.234. The summed E-state index contributed by atoms with van der Waals surface area (Å²) in [5.41, 5.74) is 0.312. The molecule has 0 radical (unpaired) electrons. The van der Waals surface area contributed by atoms with Gasteiger partial charge in [-0.2, -0.15) is 9.46 Å². The van der Waals surface area contributed by atoms with E-state index in [0.29, 0.717) is 15.2 Å². The molecule has 0 aliphatic carbocycles. The fourth-order valence-corrected chi connectivity index (χ4v) is 2.18. The van der Waals surface area contributed by atoms with Crippen molar-refractivity contribution in [1.29, 1.82) is 0 Å². The number of methoxy groups -OCH3 is 1. The Bertz CT molecular complexity index is 811. The number of fused-ring (bicyclic) bond motifs is 2. The molecule has 0 amide bonds. The number of rotatable bonds is 1. The van der Waals surface area contributed by atoms with E-state index >= 15 is 0 Å². The number of para-hydroxylation sites is 2. The SMILES string of the molecule is COc1cccc2c1[n+]([O-])c1cccc(O)c1[n+]2[O-].O.O.[Sr+2]. The predicted octanol–water partition coefficient (Wildman–Crippen LogP) is -1.06. The number of ether oxygens (including phenoxy) is 1. The molecule has 9 heteroatoms. The van der Waals surface area contributed by atoms with Crippen molar-refractivity contribution in [3.8, 4) is 11.5 Å². The van der Waals surface area contributed by atoms with Crippen LogP contribution in [0.3, 0.4) is 0 Å². The molecular formula is C13H14N2O6Sr+2. The van der Waals surface area contributed by atoms with E-state index in [-0.39, 0.29) is 84.3 Å². The molecule has 2 aromatic carbocycles. The molecule has 0 aliphatic heterocycles. The molecule has 0 aliphatic rings. The van der Waals surface area contributed by atoms with Gasteiger partial charge in [0.15, 0.2) is 11.5 Å². The van der Waals surface area contributed by atoms with Gasteiger partial charge in [0, 0.05) is 12.1 Å². The molecule has 0 atom stereocenters. The third kappa shape index (κ3) is 2.91. The summed E-state index contributed by atoms with van der Waals surface area (Å²) < 4.78 is 6.24. The summed E-state index contributed by atoms with van der Waals surface area (Å²) in [4.78, 5) is 0. The zero-order valence-electron chi connectivity index (χ0n) is 11.7. The molecule has 0 unspecified atom stereocenters. The van der Waals surface area contributed by atoms with Crippen LogP contribution < -0.4 is 14.2 Å². The van der Waals surface area contributed by atoms with Gasteiger partial charge >= 0.3 is 56.5 Å². The summed E-state index contributed by atoms with van der Waals surface area (Å²) in [5, 5.41) is 34.4. The molecule has 112 valence electrons. The zero-order valence-corrected chi connectivity index (χ0v) is 15.2. The van der Waals surface area contributed by atoms with Crippen LogP contribution in [-0.2, 0) is 0 Å². The molecule has 1 heterocycles. The molecule has 5 N–H and O–H groups in total. The van der Waals surface area contributed by atoms with Crippen molar-refractivity contribution in [2.24, 2.45) is 0 Å². The number of benzene rings is 2. The van der Waals surface area contributed by atoms with Crippen LogP contribution in [0.5, 0.6) is 11.5 Å². The van der Waals surface area contributed by atoms with Gasteiger partial charge in [0.25, 0.3) is 11.0 Å². The molecule has 0 bridgehead atoms. The molecule has 3 rings (SSSR count). The fraction of sp³-hybridized carbons (Fsp3) is 0.0769. The first kappa shape index (κ1) is 20.6. The molecule has 8 nitrogen and oxygen atoms in total. The predicted molar refractivity (Wildman–Crippen MR) is 80.6 cm³/mol. The maximum Gasteiger partial charge on any atom is 2.00 e. The van der Waals surface area contributed by atoms with Gasteiger partial charge in [-0.15, -0.1) is 0 Å². The summed E-state index contributed by atoms with van der Waals surface area (Å²) in [6.45, 7) is 0. The van der Waals surface area contributed by atoms with Crippen LogP contribution >= 0.6 is 0 Å². The summed E-state index contributed by atoms with van der Waals surface area (Å²) in [5.74, 6) is 0.0733. The van der Waals surface area contributed by atoms with Crippen molar-refractivity contribution in [2.75, 3.05) is 7.11 Å². The minimum absolute atomic E-state index is 0. The van der Waals surface area contributed by atoms with Crippen LogP contribution in [0.2, 0.25) is 0 Å². The molecule has 0 saturated carbocycles. The van der Waals surface area contributed by atoms with E-state index in [9.17, 15) is 15.5 Å². The van der Waals surface area contributed by atoms with Gasteiger partial charge in [-0.3, -0.25) is 0 Å². The normalized spacial score (nSPS) is 9.50. The Morgan fingerprint density at radius 2 is 1.41 bits per heavy atom. The molecule has 3 aromatic rings. The Kier molecular flexibility index (Phi) is 7.29. The molecule has 22 heavy (non-hydrogen) atoms. The second kappa shape index (κ2) is 7.77. The van der Waals surface area contributed by atoms with E-state index in [4.69, 9.17) is 4.74 Å². The van der Waals surface area contributed by atoms with Gasteiger partial charge in [0.1, 0.15) is 0 Å². The Hall–Kier alpha value is -1.36. The molecule has 0 saturated heterocycles. The van der Waals surface area contributed by atoms with Crippen LogP contribution in [0.15, 0.2) is 36.4 Å². The van der Waals surface area contributed by atoms with E-state index < -0.39 is 0 Å². The van der Waals surface area contributed by atoms with Gasteiger partial charge in [0.05, 0.1) is 7.11 Å². The van der Waals surface area contributed by atoms with Crippen LogP contribution in [0.1, 0.15) is 0 Å². The van der Waals surface area contributed by atoms with Crippen molar-refractivity contribution < 1.29 is 30.3 Å². The summed E-state index contributed by atoms with van der Waals surface area (Å²) >= 11 is 0. The first-order valence-electron chi connectivity index (χ1n) is 5.58. The number of nitrogens with zero attached hydrogens (tertiary/aromatic N) is 2. The largest absolute Gasteiger partial charge is 2.00 e. The topological polar surface area (TPSA) is 146 Å². The Morgan fingerprint density at radius 3 is 2.00 bits per heavy atom. The quantitative estimate of drug-likeness (QED) is 0.248. The Labute approximate surface area is 162 Å². The summed E-state index contributed by atoms with van der Waals surface area (Å²) in [6, 6.07) is 9.07. The molecule has 0 fully saturated rings. The molecule has 1 aromatic heterocycles. The smallest absolute Gasteiger partial charge is 0.617 e. The van der Waals surface area contributed by atoms with Gasteiger partial charge < -0.3 is 31.2 Å². The number of aromatic hydroxyl groups is 1. The monoisotopic (exact) mass is 382 g/mol. The number of hydrogen-bond acceptors (Lipinski definition) is 4. The van der Waals surface area contributed by atoms with Crippen LogP contribution in [0.4, 0.5) is 0 Å². The second-order valence-electron chi connectivity index (χ2n) is 4.06. The van der Waals surface area contributed by atoms with Gasteiger partial charge in [-0.05, 0) is 12.1 Å². The van der Waals surface area contributed by atoms with E-state index in [2.05, 4.69) is 0 Å². The van der Waals surface area contributed by atoms with Gasteiger partial charge in [-0.25, -0.2) is 0 Å². The minimum Gasteiger partial charge on any atom is -0.617 e. The molecule has 0 spiro atoms. The zero-order chi connectivity index (χ0) is 13.6. The van der Waals surface area contributed by atoms with Gasteiger partial charge in [0.2, 0.25) is 0 Å². The van der Waals surface area contributed by atoms with Crippen molar-refractivity contribution >= 4 is 67.5 Å². The maximum atomic E-state index is 12.3. The van der Waals surface area contributed by atoms with E-state index in [1.807, 2.05) is 0 Å². The van der Waals surface area contributed by atoms with Gasteiger partial charge in [-0.1, -0.05) is 12.1 Å². The second-order valence-corrected chi connectivity index (χ2v) is 4.06. The Morgan fingerprint density at radius 1 is 0.909 bits per heavy atom. The average Bonchev–Trinajstić information content (AvgIpc) is 2.43. The Balaban J connectivity index is 0.00000147. The van der Waals surface area contributed by atoms with E-state index in [0.717, 1.165) is 0 Å². The van der Waals surface area contributed by atoms with Crippen LogP contribution in [-0.4, -0.2) is 68.7 Å². The van der Waals surface area contributed by atoms with Crippen molar-refractivity contribution in [2.45, 2.75) is 0 Å². The number of hydrogen-bond donors (Lipinski definition) is 1. The average molecular weight is 382 g/mol. The number of phenolic OH excluding ortho intramolecular Hbond substituents is 1. The van der Waals surface area contributed by atoms with Crippen molar-refractivity contribution in [3.63, 3.8) is 0 Å². The summed E-state index contributed by atoms with van der Waals surface area (Å²) in [7, 11) is 1.43. The third-order valence-electron chi connectivity index (χ3n) is 3.03. The first-order valence-corrected chi connectivity index (χ1v) is 5.58. The third-order valence-corrected chi connectivity index (χ3v) is 3.03. The van der Waals surface area contributed by atoms with Crippen LogP contribution in [0, 0.1) is 10.4 Å². The van der Waals surface area contributed by atoms with Crippen molar-refractivity contribution in [3.05, 3.63) is 46.8 Å².